The third kappa shape index (κ3) is 8.43. The van der Waals surface area contributed by atoms with Crippen LogP contribution in [0.4, 0.5) is 5.69 Å². The van der Waals surface area contributed by atoms with E-state index in [0.29, 0.717) is 22.8 Å². The molecule has 2 aromatic carbocycles. The fraction of sp³-hybridized carbons (Fsp3) is 0.286. The van der Waals surface area contributed by atoms with Crippen molar-refractivity contribution < 1.29 is 19.2 Å². The van der Waals surface area contributed by atoms with E-state index in [-0.39, 0.29) is 18.2 Å². The lowest BCUT2D eigenvalue weighted by molar-refractivity contribution is -0.384. The predicted octanol–water partition coefficient (Wildman–Crippen LogP) is 3.31. The molecule has 0 fully saturated rings. The van der Waals surface area contributed by atoms with Crippen molar-refractivity contribution in [3.05, 3.63) is 69.2 Å². The van der Waals surface area contributed by atoms with Crippen LogP contribution in [-0.4, -0.2) is 35.6 Å². The Morgan fingerprint density at radius 1 is 1.16 bits per heavy atom. The van der Waals surface area contributed by atoms with Crippen LogP contribution in [0.5, 0.6) is 5.75 Å². The standard InChI is InChI=1S/C21H23ClN4O5/c1-14(2)11-19(24-20(27)13-31-18-9-5-16(22)6-10-18)21(28)25-23-12-15-3-7-17(8-4-15)26(29)30/h3-10,12,14,19H,11,13H2,1-2H3,(H,24,27)(H,25,28)/b23-12-/t19-/m1/s1. The van der Waals surface area contributed by atoms with Gasteiger partial charge in [-0.1, -0.05) is 25.4 Å². The molecular weight excluding hydrogens is 424 g/mol. The fourth-order valence-corrected chi connectivity index (χ4v) is 2.68. The third-order valence-electron chi connectivity index (χ3n) is 4.03. The molecule has 0 radical (unpaired) electrons. The van der Waals surface area contributed by atoms with Gasteiger partial charge in [0, 0.05) is 17.2 Å². The zero-order valence-electron chi connectivity index (χ0n) is 17.1. The molecule has 0 saturated heterocycles. The number of hydrogen-bond acceptors (Lipinski definition) is 6. The van der Waals surface area contributed by atoms with Crippen molar-refractivity contribution in [2.45, 2.75) is 26.3 Å². The number of nitro benzene ring substituents is 1. The Morgan fingerprint density at radius 2 is 1.81 bits per heavy atom. The minimum Gasteiger partial charge on any atom is -0.484 e. The van der Waals surface area contributed by atoms with Crippen LogP contribution in [0.2, 0.25) is 5.02 Å². The molecule has 2 N–H and O–H groups in total. The van der Waals surface area contributed by atoms with E-state index in [9.17, 15) is 19.7 Å². The number of rotatable bonds is 10. The minimum atomic E-state index is -0.796. The van der Waals surface area contributed by atoms with E-state index in [1.807, 2.05) is 13.8 Å². The molecule has 2 aromatic rings. The molecule has 1 atom stereocenters. The first kappa shape index (κ1) is 23.8. The maximum Gasteiger partial charge on any atom is 0.269 e. The molecular formula is C21H23ClN4O5. The highest BCUT2D eigenvalue weighted by molar-refractivity contribution is 6.30. The van der Waals surface area contributed by atoms with E-state index < -0.39 is 22.8 Å². The monoisotopic (exact) mass is 446 g/mol. The van der Waals surface area contributed by atoms with Gasteiger partial charge >= 0.3 is 0 Å². The Hall–Kier alpha value is -3.46. The van der Waals surface area contributed by atoms with E-state index in [2.05, 4.69) is 15.8 Å². The van der Waals surface area contributed by atoms with E-state index >= 15 is 0 Å². The molecule has 164 valence electrons. The molecule has 2 amide bonds. The lowest BCUT2D eigenvalue weighted by atomic mass is 10.0. The van der Waals surface area contributed by atoms with E-state index in [0.717, 1.165) is 0 Å². The first-order chi connectivity index (χ1) is 14.7. The van der Waals surface area contributed by atoms with Gasteiger partial charge in [0.05, 0.1) is 11.1 Å². The van der Waals surface area contributed by atoms with Crippen LogP contribution in [0.25, 0.3) is 0 Å². The highest BCUT2D eigenvalue weighted by Gasteiger charge is 2.22. The summed E-state index contributed by atoms with van der Waals surface area (Å²) in [5.74, 6) is -0.300. The van der Waals surface area contributed by atoms with Crippen molar-refractivity contribution in [1.82, 2.24) is 10.7 Å². The van der Waals surface area contributed by atoms with Crippen molar-refractivity contribution in [3.63, 3.8) is 0 Å². The Morgan fingerprint density at radius 3 is 2.39 bits per heavy atom. The Labute approximate surface area is 184 Å². The van der Waals surface area contributed by atoms with Crippen molar-refractivity contribution in [2.75, 3.05) is 6.61 Å². The van der Waals surface area contributed by atoms with Gasteiger partial charge in [0.25, 0.3) is 17.5 Å². The predicted molar refractivity (Wildman–Crippen MR) is 117 cm³/mol. The van der Waals surface area contributed by atoms with Gasteiger partial charge in [-0.25, -0.2) is 5.43 Å². The van der Waals surface area contributed by atoms with E-state index in [1.165, 1.54) is 30.5 Å². The van der Waals surface area contributed by atoms with Crippen LogP contribution >= 0.6 is 11.6 Å². The zero-order chi connectivity index (χ0) is 22.8. The van der Waals surface area contributed by atoms with Gasteiger partial charge in [0.2, 0.25) is 0 Å². The van der Waals surface area contributed by atoms with Gasteiger partial charge in [0.15, 0.2) is 6.61 Å². The first-order valence-electron chi connectivity index (χ1n) is 9.49. The summed E-state index contributed by atoms with van der Waals surface area (Å²) < 4.78 is 5.39. The van der Waals surface area contributed by atoms with E-state index in [4.69, 9.17) is 16.3 Å². The molecule has 0 aromatic heterocycles. The average molecular weight is 447 g/mol. The number of nitro groups is 1. The van der Waals surface area contributed by atoms with Crippen LogP contribution < -0.4 is 15.5 Å². The normalized spacial score (nSPS) is 11.9. The second-order valence-electron chi connectivity index (χ2n) is 7.08. The zero-order valence-corrected chi connectivity index (χ0v) is 17.8. The number of benzene rings is 2. The number of carbonyl (C=O) groups is 2. The maximum atomic E-state index is 12.5. The lowest BCUT2D eigenvalue weighted by Crippen LogP contribution is -2.47. The molecule has 0 aliphatic carbocycles. The molecule has 0 spiro atoms. The summed E-state index contributed by atoms with van der Waals surface area (Å²) in [7, 11) is 0. The van der Waals surface area contributed by atoms with Gasteiger partial charge in [-0.05, 0) is 54.3 Å². The van der Waals surface area contributed by atoms with Gasteiger partial charge in [0.1, 0.15) is 11.8 Å². The number of nitrogens with one attached hydrogen (secondary N) is 2. The highest BCUT2D eigenvalue weighted by atomic mass is 35.5. The average Bonchev–Trinajstić information content (AvgIpc) is 2.73. The highest BCUT2D eigenvalue weighted by Crippen LogP contribution is 2.15. The molecule has 0 saturated carbocycles. The molecule has 10 heteroatoms. The van der Waals surface area contributed by atoms with Crippen LogP contribution in [0.3, 0.4) is 0 Å². The summed E-state index contributed by atoms with van der Waals surface area (Å²) in [6.07, 6.45) is 1.77. The van der Waals surface area contributed by atoms with Crippen LogP contribution in [0.15, 0.2) is 53.6 Å². The molecule has 31 heavy (non-hydrogen) atoms. The molecule has 0 aliphatic rings. The van der Waals surface area contributed by atoms with Crippen LogP contribution in [-0.2, 0) is 9.59 Å². The van der Waals surface area contributed by atoms with Crippen molar-refractivity contribution in [2.24, 2.45) is 11.0 Å². The number of ether oxygens (including phenoxy) is 1. The fourth-order valence-electron chi connectivity index (χ4n) is 2.55. The molecule has 2 rings (SSSR count). The molecule has 0 bridgehead atoms. The van der Waals surface area contributed by atoms with Gasteiger partial charge in [-0.3, -0.25) is 19.7 Å². The van der Waals surface area contributed by atoms with Gasteiger partial charge < -0.3 is 10.1 Å². The summed E-state index contributed by atoms with van der Waals surface area (Å²) in [4.78, 5) is 34.9. The van der Waals surface area contributed by atoms with Crippen LogP contribution in [0, 0.1) is 16.0 Å². The number of hydrazone groups is 1. The van der Waals surface area contributed by atoms with Crippen molar-refractivity contribution in [3.8, 4) is 5.75 Å². The summed E-state index contributed by atoms with van der Waals surface area (Å²) in [6.45, 7) is 3.60. The Kier molecular flexibility index (Phi) is 8.95. The third-order valence-corrected chi connectivity index (χ3v) is 4.29. The number of hydrogen-bond donors (Lipinski definition) is 2. The van der Waals surface area contributed by atoms with Gasteiger partial charge in [-0.2, -0.15) is 5.10 Å². The minimum absolute atomic E-state index is 0.0401. The summed E-state index contributed by atoms with van der Waals surface area (Å²) >= 11 is 5.81. The molecule has 9 nitrogen and oxygen atoms in total. The van der Waals surface area contributed by atoms with Crippen molar-refractivity contribution >= 4 is 35.3 Å². The number of amides is 2. The number of non-ortho nitro benzene ring substituents is 1. The topological polar surface area (TPSA) is 123 Å². The number of nitrogens with zero attached hydrogens (tertiary/aromatic N) is 2. The Bertz CT molecular complexity index is 930. The second kappa shape index (κ2) is 11.7. The molecule has 0 heterocycles. The van der Waals surface area contributed by atoms with E-state index in [1.54, 1.807) is 24.3 Å². The lowest BCUT2D eigenvalue weighted by Gasteiger charge is -2.19. The van der Waals surface area contributed by atoms with Gasteiger partial charge in [-0.15, -0.1) is 0 Å². The Balaban J connectivity index is 1.90. The summed E-state index contributed by atoms with van der Waals surface area (Å²) in [5.41, 5.74) is 2.92. The van der Waals surface area contributed by atoms with Crippen molar-refractivity contribution in [1.29, 1.82) is 0 Å². The SMILES string of the molecule is CC(C)C[C@@H](NC(=O)COc1ccc(Cl)cc1)C(=O)N/N=C\c1ccc([N+](=O)[O-])cc1. The largest absolute Gasteiger partial charge is 0.484 e. The summed E-state index contributed by atoms with van der Waals surface area (Å²) in [5, 5.41) is 17.7. The first-order valence-corrected chi connectivity index (χ1v) is 9.87. The quantitative estimate of drug-likeness (QED) is 0.329. The molecule has 0 aliphatic heterocycles. The van der Waals surface area contributed by atoms with Crippen LogP contribution in [0.1, 0.15) is 25.8 Å². The number of carbonyl (C=O) groups excluding carboxylic acids is 2. The smallest absolute Gasteiger partial charge is 0.269 e. The maximum absolute atomic E-state index is 12.5. The number of halogens is 1. The summed E-state index contributed by atoms with van der Waals surface area (Å²) in [6, 6.07) is 11.5. The molecule has 0 unspecified atom stereocenters. The second-order valence-corrected chi connectivity index (χ2v) is 7.51.